The van der Waals surface area contributed by atoms with Crippen LogP contribution in [0.5, 0.6) is 0 Å². The standard InChI is InChI=1S/C15H20N2O2S2/c1-3-11-7-8-20-14(11)10-17-21(18,19)15-9-13(16)6-5-12(15)4-2/h5-9,17H,3-4,10,16H2,1-2H3. The third-order valence-corrected chi connectivity index (χ3v) is 5.85. The number of sulfonamides is 1. The highest BCUT2D eigenvalue weighted by Gasteiger charge is 2.18. The Morgan fingerprint density at radius 1 is 1.14 bits per heavy atom. The zero-order valence-electron chi connectivity index (χ0n) is 12.2. The Balaban J connectivity index is 2.25. The normalized spacial score (nSPS) is 11.7. The summed E-state index contributed by atoms with van der Waals surface area (Å²) in [7, 11) is -3.55. The molecule has 0 aliphatic rings. The lowest BCUT2D eigenvalue weighted by Gasteiger charge is -2.11. The van der Waals surface area contributed by atoms with Gasteiger partial charge in [-0.2, -0.15) is 0 Å². The van der Waals surface area contributed by atoms with Crippen LogP contribution in [0.2, 0.25) is 0 Å². The van der Waals surface area contributed by atoms with Gasteiger partial charge < -0.3 is 5.73 Å². The van der Waals surface area contributed by atoms with Gasteiger partial charge in [0.25, 0.3) is 0 Å². The molecule has 114 valence electrons. The fraction of sp³-hybridized carbons (Fsp3) is 0.333. The molecule has 1 aromatic carbocycles. The number of anilines is 1. The zero-order valence-corrected chi connectivity index (χ0v) is 13.9. The highest BCUT2D eigenvalue weighted by Crippen LogP contribution is 2.22. The number of rotatable bonds is 6. The van der Waals surface area contributed by atoms with Crippen LogP contribution in [0, 0.1) is 0 Å². The monoisotopic (exact) mass is 324 g/mol. The Bertz CT molecular complexity index is 721. The van der Waals surface area contributed by atoms with Crippen LogP contribution in [0.1, 0.15) is 29.9 Å². The van der Waals surface area contributed by atoms with Crippen molar-refractivity contribution in [1.82, 2.24) is 4.72 Å². The van der Waals surface area contributed by atoms with Gasteiger partial charge in [0, 0.05) is 17.1 Å². The summed E-state index contributed by atoms with van der Waals surface area (Å²) in [6.07, 6.45) is 1.55. The van der Waals surface area contributed by atoms with Crippen LogP contribution in [0.15, 0.2) is 34.5 Å². The van der Waals surface area contributed by atoms with Crippen LogP contribution in [0.4, 0.5) is 5.69 Å². The third-order valence-electron chi connectivity index (χ3n) is 3.40. The van der Waals surface area contributed by atoms with Crippen LogP contribution in [-0.4, -0.2) is 8.42 Å². The smallest absolute Gasteiger partial charge is 0.241 e. The number of aryl methyl sites for hydroxylation is 2. The fourth-order valence-corrected chi connectivity index (χ4v) is 4.53. The number of nitrogen functional groups attached to an aromatic ring is 1. The maximum atomic E-state index is 12.5. The molecule has 21 heavy (non-hydrogen) atoms. The molecule has 1 heterocycles. The molecule has 0 unspecified atom stereocenters. The van der Waals surface area contributed by atoms with Gasteiger partial charge in [-0.05, 0) is 47.5 Å². The molecule has 0 bridgehead atoms. The number of benzene rings is 1. The minimum atomic E-state index is -3.55. The predicted octanol–water partition coefficient (Wildman–Crippen LogP) is 2.93. The molecule has 0 aliphatic heterocycles. The first-order valence-electron chi connectivity index (χ1n) is 6.91. The lowest BCUT2D eigenvalue weighted by Crippen LogP contribution is -2.24. The van der Waals surface area contributed by atoms with Crippen LogP contribution in [-0.2, 0) is 29.4 Å². The van der Waals surface area contributed by atoms with Crippen molar-refractivity contribution in [3.63, 3.8) is 0 Å². The van der Waals surface area contributed by atoms with E-state index in [1.807, 2.05) is 18.4 Å². The molecule has 3 N–H and O–H groups in total. The van der Waals surface area contributed by atoms with Crippen molar-refractivity contribution in [2.45, 2.75) is 38.1 Å². The number of hydrogen-bond acceptors (Lipinski definition) is 4. The molecule has 4 nitrogen and oxygen atoms in total. The van der Waals surface area contributed by atoms with E-state index in [1.54, 1.807) is 23.5 Å². The summed E-state index contributed by atoms with van der Waals surface area (Å²) in [4.78, 5) is 1.34. The predicted molar refractivity (Wildman–Crippen MR) is 88.0 cm³/mol. The maximum absolute atomic E-state index is 12.5. The quantitative estimate of drug-likeness (QED) is 0.803. The van der Waals surface area contributed by atoms with E-state index in [4.69, 9.17) is 5.73 Å². The highest BCUT2D eigenvalue weighted by atomic mass is 32.2. The van der Waals surface area contributed by atoms with Crippen molar-refractivity contribution in [3.8, 4) is 0 Å². The van der Waals surface area contributed by atoms with Crippen LogP contribution < -0.4 is 10.5 Å². The Labute approximate surface area is 130 Å². The Morgan fingerprint density at radius 3 is 2.52 bits per heavy atom. The van der Waals surface area contributed by atoms with E-state index in [0.29, 0.717) is 18.7 Å². The molecule has 2 aromatic rings. The molecule has 0 saturated heterocycles. The average molecular weight is 324 g/mol. The lowest BCUT2D eigenvalue weighted by molar-refractivity contribution is 0.580. The van der Waals surface area contributed by atoms with Gasteiger partial charge in [-0.1, -0.05) is 19.9 Å². The van der Waals surface area contributed by atoms with Crippen molar-refractivity contribution in [3.05, 3.63) is 45.6 Å². The molecular weight excluding hydrogens is 304 g/mol. The number of hydrogen-bond donors (Lipinski definition) is 2. The summed E-state index contributed by atoms with van der Waals surface area (Å²) in [5, 5.41) is 1.99. The number of thiophene rings is 1. The van der Waals surface area contributed by atoms with Gasteiger partial charge in [0.1, 0.15) is 0 Å². The average Bonchev–Trinajstić information content (AvgIpc) is 2.92. The van der Waals surface area contributed by atoms with E-state index >= 15 is 0 Å². The molecule has 2 rings (SSSR count). The van der Waals surface area contributed by atoms with Crippen molar-refractivity contribution in [1.29, 1.82) is 0 Å². The maximum Gasteiger partial charge on any atom is 0.241 e. The van der Waals surface area contributed by atoms with Gasteiger partial charge in [-0.3, -0.25) is 0 Å². The first-order valence-corrected chi connectivity index (χ1v) is 9.27. The lowest BCUT2D eigenvalue weighted by atomic mass is 10.1. The summed E-state index contributed by atoms with van der Waals surface area (Å²) in [5.41, 5.74) is 8.14. The van der Waals surface area contributed by atoms with Gasteiger partial charge in [-0.15, -0.1) is 11.3 Å². The molecule has 0 amide bonds. The molecule has 1 aromatic heterocycles. The first kappa shape index (κ1) is 16.0. The van der Waals surface area contributed by atoms with Gasteiger partial charge >= 0.3 is 0 Å². The molecule has 0 spiro atoms. The minimum Gasteiger partial charge on any atom is -0.399 e. The second kappa shape index (κ2) is 6.60. The molecular formula is C15H20N2O2S2. The third kappa shape index (κ3) is 3.64. The highest BCUT2D eigenvalue weighted by molar-refractivity contribution is 7.89. The van der Waals surface area contributed by atoms with E-state index in [9.17, 15) is 8.42 Å². The Hall–Kier alpha value is -1.37. The fourth-order valence-electron chi connectivity index (χ4n) is 2.19. The van der Waals surface area contributed by atoms with E-state index in [0.717, 1.165) is 16.9 Å². The van der Waals surface area contributed by atoms with Crippen LogP contribution in [0.3, 0.4) is 0 Å². The SMILES string of the molecule is CCc1ccc(N)cc1S(=O)(=O)NCc1sccc1CC. The summed E-state index contributed by atoms with van der Waals surface area (Å²) in [6, 6.07) is 7.06. The van der Waals surface area contributed by atoms with Gasteiger partial charge in [0.15, 0.2) is 0 Å². The second-order valence-corrected chi connectivity index (χ2v) is 7.50. The molecule has 0 atom stereocenters. The zero-order chi connectivity index (χ0) is 15.5. The summed E-state index contributed by atoms with van der Waals surface area (Å²) in [6.45, 7) is 4.31. The van der Waals surface area contributed by atoms with Gasteiger partial charge in [0.05, 0.1) is 4.90 Å². The number of nitrogens with one attached hydrogen (secondary N) is 1. The van der Waals surface area contributed by atoms with E-state index in [2.05, 4.69) is 11.6 Å². The summed E-state index contributed by atoms with van der Waals surface area (Å²) in [5.74, 6) is 0. The summed E-state index contributed by atoms with van der Waals surface area (Å²) >= 11 is 1.57. The second-order valence-electron chi connectivity index (χ2n) is 4.77. The van der Waals surface area contributed by atoms with Gasteiger partial charge in [0.2, 0.25) is 10.0 Å². The van der Waals surface area contributed by atoms with Crippen LogP contribution >= 0.6 is 11.3 Å². The minimum absolute atomic E-state index is 0.277. The van der Waals surface area contributed by atoms with Crippen molar-refractivity contribution >= 4 is 27.0 Å². The van der Waals surface area contributed by atoms with Crippen molar-refractivity contribution in [2.24, 2.45) is 0 Å². The van der Waals surface area contributed by atoms with E-state index in [1.165, 1.54) is 11.6 Å². The largest absolute Gasteiger partial charge is 0.399 e. The summed E-state index contributed by atoms with van der Waals surface area (Å²) < 4.78 is 27.7. The molecule has 0 saturated carbocycles. The van der Waals surface area contributed by atoms with Crippen LogP contribution in [0.25, 0.3) is 0 Å². The van der Waals surface area contributed by atoms with E-state index < -0.39 is 10.0 Å². The van der Waals surface area contributed by atoms with E-state index in [-0.39, 0.29) is 4.90 Å². The molecule has 0 radical (unpaired) electrons. The van der Waals surface area contributed by atoms with Gasteiger partial charge in [-0.25, -0.2) is 13.1 Å². The first-order chi connectivity index (χ1) is 9.97. The molecule has 0 fully saturated rings. The van der Waals surface area contributed by atoms with Crippen molar-refractivity contribution in [2.75, 3.05) is 5.73 Å². The number of nitrogens with two attached hydrogens (primary N) is 1. The molecule has 6 heteroatoms. The molecule has 0 aliphatic carbocycles. The topological polar surface area (TPSA) is 72.2 Å². The van der Waals surface area contributed by atoms with Crippen molar-refractivity contribution < 1.29 is 8.42 Å². The Morgan fingerprint density at radius 2 is 1.86 bits per heavy atom. The Kier molecular flexibility index (Phi) is 5.03.